The van der Waals surface area contributed by atoms with Crippen LogP contribution in [0.4, 0.5) is 0 Å². The van der Waals surface area contributed by atoms with E-state index >= 15 is 0 Å². The number of hydrogen-bond acceptors (Lipinski definition) is 10. The van der Waals surface area contributed by atoms with Crippen molar-refractivity contribution >= 4 is 36.2 Å². The molecular weight excluding hydrogens is 622 g/mol. The summed E-state index contributed by atoms with van der Waals surface area (Å²) >= 11 is 0. The Labute approximate surface area is 300 Å². The Morgan fingerprint density at radius 1 is 0.327 bits per heavy atom. The molecule has 0 amide bonds. The van der Waals surface area contributed by atoms with Gasteiger partial charge in [0.2, 0.25) is 0 Å². The van der Waals surface area contributed by atoms with Gasteiger partial charge in [0.25, 0.3) is 0 Å². The SMILES string of the molecule is CC(C)C1(C(C)C)OB2OB(O[B-]3(O2)OB2OB(O3)OC(C(C)C)(C(C)C)C(C)(C)C(C(C)C)(C(C)C)O2)OC(C(C)C)(C(C)C)C1(C)C. The van der Waals surface area contributed by atoms with Crippen molar-refractivity contribution in [2.75, 3.05) is 0 Å². The molecule has 0 aromatic rings. The molecule has 0 N–H and O–H groups in total. The maximum Gasteiger partial charge on any atom is 0.586 e. The Hall–Kier alpha value is -0.0753. The van der Waals surface area contributed by atoms with E-state index in [1.165, 1.54) is 0 Å². The van der Waals surface area contributed by atoms with E-state index in [9.17, 15) is 0 Å². The first-order chi connectivity index (χ1) is 22.3. The van der Waals surface area contributed by atoms with Crippen molar-refractivity contribution in [1.29, 1.82) is 0 Å². The van der Waals surface area contributed by atoms with Crippen molar-refractivity contribution in [2.24, 2.45) is 58.2 Å². The molecule has 0 atom stereocenters. The molecular formula is C34H68B5O10-. The van der Waals surface area contributed by atoms with E-state index in [1.807, 2.05) is 0 Å². The fourth-order valence-corrected chi connectivity index (χ4v) is 12.6. The quantitative estimate of drug-likeness (QED) is 0.235. The largest absolute Gasteiger partial charge is 0.586 e. The van der Waals surface area contributed by atoms with E-state index in [1.54, 1.807) is 0 Å². The highest BCUT2D eigenvalue weighted by molar-refractivity contribution is 6.82. The highest BCUT2D eigenvalue weighted by Crippen LogP contribution is 2.61. The van der Waals surface area contributed by atoms with Crippen LogP contribution in [-0.4, -0.2) is 58.6 Å². The lowest BCUT2D eigenvalue weighted by molar-refractivity contribution is -0.264. The molecule has 0 aromatic heterocycles. The molecule has 4 rings (SSSR count). The van der Waals surface area contributed by atoms with Gasteiger partial charge in [-0.05, 0) is 47.3 Å². The second-order valence-corrected chi connectivity index (χ2v) is 18.7. The van der Waals surface area contributed by atoms with E-state index in [4.69, 9.17) is 46.0 Å². The van der Waals surface area contributed by atoms with Crippen LogP contribution in [0.3, 0.4) is 0 Å². The normalized spacial score (nSPS) is 27.2. The molecule has 10 nitrogen and oxygen atoms in total. The first-order valence-electron chi connectivity index (χ1n) is 19.1. The van der Waals surface area contributed by atoms with E-state index in [-0.39, 0.29) is 47.3 Å². The van der Waals surface area contributed by atoms with Crippen LogP contribution >= 0.6 is 0 Å². The lowest BCUT2D eigenvalue weighted by Crippen LogP contribution is -2.80. The van der Waals surface area contributed by atoms with Crippen molar-refractivity contribution in [3.63, 3.8) is 0 Å². The van der Waals surface area contributed by atoms with Gasteiger partial charge in [0.1, 0.15) is 0 Å². The minimum Gasteiger partial charge on any atom is -0.539 e. The Morgan fingerprint density at radius 2 is 0.490 bits per heavy atom. The smallest absolute Gasteiger partial charge is 0.539 e. The van der Waals surface area contributed by atoms with E-state index < -0.39 is 69.5 Å². The van der Waals surface area contributed by atoms with Crippen LogP contribution in [0, 0.1) is 58.2 Å². The van der Waals surface area contributed by atoms with E-state index in [0.717, 1.165) is 0 Å². The van der Waals surface area contributed by atoms with Gasteiger partial charge in [-0.15, -0.1) is 0 Å². The molecule has 280 valence electrons. The highest BCUT2D eigenvalue weighted by atomic mass is 17.0. The summed E-state index contributed by atoms with van der Waals surface area (Å²) in [7, 11) is -5.00. The number of fused-ring (bicyclic) bond motifs is 4. The fraction of sp³-hybridized carbons (Fsp3) is 1.00. The van der Waals surface area contributed by atoms with Gasteiger partial charge in [0.15, 0.2) is 0 Å². The summed E-state index contributed by atoms with van der Waals surface area (Å²) < 4.78 is 67.5. The van der Waals surface area contributed by atoms with Crippen molar-refractivity contribution in [2.45, 2.75) is 161 Å². The Balaban J connectivity index is 1.92. The molecule has 0 aromatic carbocycles. The lowest BCUT2D eigenvalue weighted by atomic mass is 9.50. The van der Waals surface area contributed by atoms with E-state index in [2.05, 4.69) is 138 Å². The van der Waals surface area contributed by atoms with Crippen LogP contribution < -0.4 is 0 Å². The third-order valence-corrected chi connectivity index (χ3v) is 13.5. The molecule has 4 aliphatic heterocycles. The Kier molecular flexibility index (Phi) is 11.6. The third-order valence-electron chi connectivity index (χ3n) is 13.5. The standard InChI is InChI=1S/C34H68B5O10/c1-21(2)31(22(3)4)29(17,18)32(23(5)6,24(7)8)41-36-44-35(40-31)46-39(47-36)48-37-42-33(25(9)10,26(11)12)30(19,20)34(27(13)14,28(15)16)43-38(45-37)49-39/h21-28H,1-20H3/q-1. The predicted molar refractivity (Wildman–Crippen MR) is 197 cm³/mol. The van der Waals surface area contributed by atoms with Gasteiger partial charge in [0, 0.05) is 10.8 Å². The Bertz CT molecular complexity index is 957. The first kappa shape index (κ1) is 41.7. The fourth-order valence-electron chi connectivity index (χ4n) is 12.6. The number of hydrogen-bond donors (Lipinski definition) is 0. The molecule has 4 heterocycles. The zero-order valence-corrected chi connectivity index (χ0v) is 34.6. The summed E-state index contributed by atoms with van der Waals surface area (Å²) in [6.07, 6.45) is 0. The van der Waals surface area contributed by atoms with Crippen molar-refractivity contribution in [3.8, 4) is 0 Å². The highest BCUT2D eigenvalue weighted by Gasteiger charge is 2.72. The average molecular weight is 691 g/mol. The lowest BCUT2D eigenvalue weighted by Gasteiger charge is -2.68. The molecule has 0 radical (unpaired) electrons. The van der Waals surface area contributed by atoms with Crippen molar-refractivity contribution in [1.82, 2.24) is 0 Å². The molecule has 4 aliphatic rings. The van der Waals surface area contributed by atoms with Gasteiger partial charge in [-0.3, -0.25) is 0 Å². The summed E-state index contributed by atoms with van der Waals surface area (Å²) in [6, 6.07) is 0. The van der Waals surface area contributed by atoms with Crippen molar-refractivity contribution < 1.29 is 46.0 Å². The van der Waals surface area contributed by atoms with Gasteiger partial charge in [-0.1, -0.05) is 138 Å². The van der Waals surface area contributed by atoms with Crippen LogP contribution in [0.15, 0.2) is 0 Å². The molecule has 49 heavy (non-hydrogen) atoms. The third kappa shape index (κ3) is 5.81. The average Bonchev–Trinajstić information content (AvgIpc) is 2.92. The summed E-state index contributed by atoms with van der Waals surface area (Å²) in [5.74, 6) is 0.370. The zero-order chi connectivity index (χ0) is 37.5. The van der Waals surface area contributed by atoms with Gasteiger partial charge in [-0.2, -0.15) is 0 Å². The second kappa shape index (κ2) is 13.7. The molecule has 15 heteroatoms. The monoisotopic (exact) mass is 692 g/mol. The summed E-state index contributed by atoms with van der Waals surface area (Å²) in [5, 5.41) is 0. The van der Waals surface area contributed by atoms with Crippen molar-refractivity contribution in [3.05, 3.63) is 0 Å². The summed E-state index contributed by atoms with van der Waals surface area (Å²) in [6.45, 7) is 40.8. The zero-order valence-electron chi connectivity index (χ0n) is 34.6. The Morgan fingerprint density at radius 3 is 0.633 bits per heavy atom. The molecule has 0 unspecified atom stereocenters. The van der Waals surface area contributed by atoms with Crippen LogP contribution in [0.25, 0.3) is 0 Å². The summed E-state index contributed by atoms with van der Waals surface area (Å²) in [4.78, 5) is 0. The minimum atomic E-state index is -3.12. The van der Waals surface area contributed by atoms with Crippen LogP contribution in [0.2, 0.25) is 0 Å². The maximum absolute atomic E-state index is 7.15. The topological polar surface area (TPSA) is 92.3 Å². The molecule has 0 saturated carbocycles. The number of rotatable bonds is 8. The van der Waals surface area contributed by atoms with E-state index in [0.29, 0.717) is 0 Å². The van der Waals surface area contributed by atoms with Gasteiger partial charge < -0.3 is 46.0 Å². The molecule has 4 saturated heterocycles. The van der Waals surface area contributed by atoms with Crippen LogP contribution in [0.1, 0.15) is 138 Å². The molecule has 1 spiro atoms. The van der Waals surface area contributed by atoms with Gasteiger partial charge in [-0.25, -0.2) is 0 Å². The molecule has 4 fully saturated rings. The first-order valence-corrected chi connectivity index (χ1v) is 19.1. The minimum absolute atomic E-state index is 0.0462. The summed E-state index contributed by atoms with van der Waals surface area (Å²) in [5.41, 5.74) is -4.17. The van der Waals surface area contributed by atoms with Crippen LogP contribution in [0.5, 0.6) is 0 Å². The predicted octanol–water partition coefficient (Wildman–Crippen LogP) is 7.84. The van der Waals surface area contributed by atoms with Gasteiger partial charge in [0.05, 0.1) is 22.4 Å². The maximum atomic E-state index is 7.15. The molecule has 4 bridgehead atoms. The van der Waals surface area contributed by atoms with Crippen LogP contribution in [-0.2, 0) is 46.0 Å². The molecule has 0 aliphatic carbocycles. The second-order valence-electron chi connectivity index (χ2n) is 18.7. The van der Waals surface area contributed by atoms with Gasteiger partial charge >= 0.3 is 36.2 Å².